The number of aromatic nitrogens is 3. The van der Waals surface area contributed by atoms with Crippen LogP contribution in [0.4, 0.5) is 5.95 Å². The highest BCUT2D eigenvalue weighted by molar-refractivity contribution is 6.32. The second-order valence-electron chi connectivity index (χ2n) is 5.05. The number of alkyl halides is 1. The molecule has 10 heteroatoms. The van der Waals surface area contributed by atoms with Crippen LogP contribution < -0.4 is 11.3 Å². The maximum Gasteiger partial charge on any atom is 0.261 e. The first-order valence-corrected chi connectivity index (χ1v) is 7.30. The Kier molecular flexibility index (Phi) is 4.00. The average Bonchev–Trinajstić information content (AvgIpc) is 3.01. The zero-order valence-corrected chi connectivity index (χ0v) is 13.0. The Bertz CT molecular complexity index is 870. The lowest BCUT2D eigenvalue weighted by molar-refractivity contribution is -0.0435. The van der Waals surface area contributed by atoms with Crippen molar-refractivity contribution in [3.05, 3.63) is 22.6 Å². The van der Waals surface area contributed by atoms with Crippen molar-refractivity contribution in [2.75, 3.05) is 12.3 Å². The third-order valence-electron chi connectivity index (χ3n) is 3.72. The number of nitrogen functional groups attached to an aromatic ring is 1. The van der Waals surface area contributed by atoms with E-state index >= 15 is 0 Å². The van der Waals surface area contributed by atoms with Crippen molar-refractivity contribution in [2.24, 2.45) is 0 Å². The molecule has 5 N–H and O–H groups in total. The fourth-order valence-electron chi connectivity index (χ4n) is 2.62. The van der Waals surface area contributed by atoms with E-state index in [4.69, 9.17) is 33.7 Å². The van der Waals surface area contributed by atoms with Gasteiger partial charge < -0.3 is 25.3 Å². The second-order valence-corrected chi connectivity index (χ2v) is 5.87. The summed E-state index contributed by atoms with van der Waals surface area (Å²) < 4.78 is 7.02. The van der Waals surface area contributed by atoms with E-state index in [1.54, 1.807) is 0 Å². The van der Waals surface area contributed by atoms with Gasteiger partial charge in [0.25, 0.3) is 5.56 Å². The molecule has 1 aliphatic heterocycles. The molecule has 2 aromatic heterocycles. The van der Waals surface area contributed by atoms with Crippen molar-refractivity contribution < 1.29 is 14.9 Å². The molecule has 0 amide bonds. The maximum absolute atomic E-state index is 11.9. The van der Waals surface area contributed by atoms with E-state index in [2.05, 4.69) is 21.3 Å². The number of nitrogens with zero attached hydrogens (tertiary/aromatic N) is 2. The van der Waals surface area contributed by atoms with Crippen molar-refractivity contribution in [3.8, 4) is 11.3 Å². The molecule has 1 saturated heterocycles. The number of fused-ring (bicyclic) bond motifs is 1. The normalized spacial score (nSPS) is 30.3. The van der Waals surface area contributed by atoms with Crippen molar-refractivity contribution in [3.63, 3.8) is 0 Å². The Morgan fingerprint density at radius 1 is 1.61 bits per heavy atom. The molecule has 0 aliphatic carbocycles. The lowest BCUT2D eigenvalue weighted by Gasteiger charge is -2.25. The van der Waals surface area contributed by atoms with E-state index < -0.39 is 35.5 Å². The standard InChI is InChI=1S/C13H12Cl2N4O4/c14-3-2-13(15)8(21)7(5-20)23-11(13)19-4-1-6-9(19)17-12(16)18-10(6)22/h1,4,7-8,11,20-21H,5H2,(H3,16,17,18,22)/t7-,8?,11-,13-/m1/s1. The molecule has 1 unspecified atom stereocenters. The van der Waals surface area contributed by atoms with E-state index in [-0.39, 0.29) is 17.0 Å². The van der Waals surface area contributed by atoms with Crippen molar-refractivity contribution in [1.29, 1.82) is 0 Å². The molecule has 2 aromatic rings. The quantitative estimate of drug-likeness (QED) is 0.432. The van der Waals surface area contributed by atoms with Gasteiger partial charge in [-0.3, -0.25) is 9.78 Å². The Balaban J connectivity index is 2.20. The molecular formula is C13H12Cl2N4O4. The highest BCUT2D eigenvalue weighted by Crippen LogP contribution is 2.44. The predicted molar refractivity (Wildman–Crippen MR) is 84.0 cm³/mol. The Morgan fingerprint density at radius 2 is 2.35 bits per heavy atom. The molecule has 122 valence electrons. The SMILES string of the molecule is Nc1nc2c(ccn2[C@@H]2O[C@H](CO)C(O)[C@]2(Cl)C#CCl)c(=O)[nH]1. The molecule has 1 fully saturated rings. The minimum Gasteiger partial charge on any atom is -0.394 e. The molecule has 8 nitrogen and oxygen atoms in total. The summed E-state index contributed by atoms with van der Waals surface area (Å²) in [6, 6.07) is 1.51. The average molecular weight is 359 g/mol. The first kappa shape index (κ1) is 16.1. The van der Waals surface area contributed by atoms with Gasteiger partial charge in [0.2, 0.25) is 5.95 Å². The number of halogens is 2. The molecule has 3 rings (SSSR count). The number of ether oxygens (including phenoxy) is 1. The van der Waals surface area contributed by atoms with Gasteiger partial charge in [-0.2, -0.15) is 4.98 Å². The topological polar surface area (TPSA) is 126 Å². The first-order chi connectivity index (χ1) is 10.9. The van der Waals surface area contributed by atoms with Crippen LogP contribution in [0.25, 0.3) is 11.0 Å². The van der Waals surface area contributed by atoms with Crippen LogP contribution in [-0.2, 0) is 4.74 Å². The molecule has 0 radical (unpaired) electrons. The summed E-state index contributed by atoms with van der Waals surface area (Å²) in [6.07, 6.45) is -1.79. The molecule has 3 heterocycles. The van der Waals surface area contributed by atoms with Crippen LogP contribution in [0.3, 0.4) is 0 Å². The summed E-state index contributed by atoms with van der Waals surface area (Å²) in [5.41, 5.74) is 5.35. The minimum absolute atomic E-state index is 0.0803. The molecule has 4 atom stereocenters. The second kappa shape index (κ2) is 5.70. The predicted octanol–water partition coefficient (Wildman–Crippen LogP) is -0.265. The van der Waals surface area contributed by atoms with Crippen LogP contribution in [0.2, 0.25) is 0 Å². The largest absolute Gasteiger partial charge is 0.394 e. The van der Waals surface area contributed by atoms with Gasteiger partial charge in [0.1, 0.15) is 12.2 Å². The third-order valence-corrected chi connectivity index (χ3v) is 4.32. The fourth-order valence-corrected chi connectivity index (χ4v) is 3.17. The number of hydrogen-bond donors (Lipinski definition) is 4. The Hall–Kier alpha value is -1.76. The summed E-state index contributed by atoms with van der Waals surface area (Å²) >= 11 is 11.9. The first-order valence-electron chi connectivity index (χ1n) is 6.54. The molecule has 0 aromatic carbocycles. The number of anilines is 1. The number of aromatic amines is 1. The zero-order chi connectivity index (χ0) is 16.8. The van der Waals surface area contributed by atoms with Crippen LogP contribution in [0.1, 0.15) is 6.23 Å². The minimum atomic E-state index is -1.62. The van der Waals surface area contributed by atoms with Gasteiger partial charge in [0, 0.05) is 11.6 Å². The Morgan fingerprint density at radius 3 is 3.00 bits per heavy atom. The molecule has 0 spiro atoms. The maximum atomic E-state index is 11.9. The van der Waals surface area contributed by atoms with Gasteiger partial charge in [-0.1, -0.05) is 17.5 Å². The van der Waals surface area contributed by atoms with E-state index in [9.17, 15) is 15.0 Å². The summed E-state index contributed by atoms with van der Waals surface area (Å²) in [6.45, 7) is -0.467. The van der Waals surface area contributed by atoms with Gasteiger partial charge in [0.05, 0.1) is 12.0 Å². The number of nitrogens with one attached hydrogen (secondary N) is 1. The highest BCUT2D eigenvalue weighted by Gasteiger charge is 2.55. The summed E-state index contributed by atoms with van der Waals surface area (Å²) in [7, 11) is 0. The summed E-state index contributed by atoms with van der Waals surface area (Å²) in [4.78, 5) is 16.7. The van der Waals surface area contributed by atoms with Gasteiger partial charge in [-0.25, -0.2) is 0 Å². The summed E-state index contributed by atoms with van der Waals surface area (Å²) in [5.74, 6) is 2.42. The molecule has 0 bridgehead atoms. The van der Waals surface area contributed by atoms with Crippen molar-refractivity contribution in [1.82, 2.24) is 14.5 Å². The van der Waals surface area contributed by atoms with Crippen LogP contribution in [0.15, 0.2) is 17.1 Å². The van der Waals surface area contributed by atoms with Crippen LogP contribution in [-0.4, -0.2) is 48.4 Å². The molecule has 1 aliphatic rings. The molecule has 23 heavy (non-hydrogen) atoms. The number of aliphatic hydroxyl groups excluding tert-OH is 2. The van der Waals surface area contributed by atoms with Gasteiger partial charge in [-0.05, 0) is 17.7 Å². The number of rotatable bonds is 2. The molecular weight excluding hydrogens is 347 g/mol. The lowest BCUT2D eigenvalue weighted by atomic mass is 9.99. The van der Waals surface area contributed by atoms with E-state index in [0.717, 1.165) is 0 Å². The van der Waals surface area contributed by atoms with Crippen molar-refractivity contribution in [2.45, 2.75) is 23.3 Å². The number of hydrogen-bond acceptors (Lipinski definition) is 6. The third kappa shape index (κ3) is 2.38. The van der Waals surface area contributed by atoms with Crippen LogP contribution in [0.5, 0.6) is 0 Å². The van der Waals surface area contributed by atoms with Gasteiger partial charge in [-0.15, -0.1) is 0 Å². The lowest BCUT2D eigenvalue weighted by Crippen LogP contribution is -2.41. The van der Waals surface area contributed by atoms with Gasteiger partial charge >= 0.3 is 0 Å². The van der Waals surface area contributed by atoms with E-state index in [1.165, 1.54) is 16.8 Å². The summed E-state index contributed by atoms with van der Waals surface area (Å²) in [5, 5.41) is 22.0. The van der Waals surface area contributed by atoms with Crippen LogP contribution >= 0.6 is 23.2 Å². The molecule has 0 saturated carbocycles. The van der Waals surface area contributed by atoms with E-state index in [0.29, 0.717) is 0 Å². The Labute approximate surface area is 139 Å². The van der Waals surface area contributed by atoms with Gasteiger partial charge in [0.15, 0.2) is 16.7 Å². The number of nitrogens with two attached hydrogens (primary N) is 1. The smallest absolute Gasteiger partial charge is 0.261 e. The van der Waals surface area contributed by atoms with Crippen LogP contribution in [0, 0.1) is 11.3 Å². The number of H-pyrrole nitrogens is 1. The van der Waals surface area contributed by atoms with Crippen molar-refractivity contribution >= 4 is 40.2 Å². The van der Waals surface area contributed by atoms with E-state index in [1.807, 2.05) is 0 Å². The number of aliphatic hydroxyl groups is 2. The highest BCUT2D eigenvalue weighted by atomic mass is 35.5. The fraction of sp³-hybridized carbons (Fsp3) is 0.385. The zero-order valence-electron chi connectivity index (χ0n) is 11.5. The monoisotopic (exact) mass is 358 g/mol.